The second-order valence-corrected chi connectivity index (χ2v) is 9.60. The van der Waals surface area contributed by atoms with E-state index < -0.39 is 5.72 Å². The van der Waals surface area contributed by atoms with Gasteiger partial charge in [-0.2, -0.15) is 5.10 Å². The number of benzene rings is 4. The van der Waals surface area contributed by atoms with Crippen LogP contribution in [-0.4, -0.2) is 10.7 Å². The van der Waals surface area contributed by atoms with Crippen LogP contribution >= 0.6 is 15.9 Å². The molecule has 0 amide bonds. The van der Waals surface area contributed by atoms with E-state index in [2.05, 4.69) is 119 Å². The minimum atomic E-state index is -0.689. The zero-order valence-electron chi connectivity index (χ0n) is 18.3. The lowest BCUT2D eigenvalue weighted by Crippen LogP contribution is -2.48. The van der Waals surface area contributed by atoms with Gasteiger partial charge in [0.15, 0.2) is 0 Å². The third-order valence-corrected chi connectivity index (χ3v) is 7.17. The van der Waals surface area contributed by atoms with Crippen molar-refractivity contribution in [3.05, 3.63) is 124 Å². The largest absolute Gasteiger partial charge is 0.462 e. The molecule has 0 aromatic heterocycles. The molecule has 33 heavy (non-hydrogen) atoms. The van der Waals surface area contributed by atoms with E-state index in [4.69, 9.17) is 9.84 Å². The van der Waals surface area contributed by atoms with Crippen LogP contribution in [0.25, 0.3) is 11.1 Å². The normalized spacial score (nSPS) is 21.1. The van der Waals surface area contributed by atoms with Crippen molar-refractivity contribution in [1.82, 2.24) is 5.01 Å². The molecular weight excluding hydrogens is 472 g/mol. The van der Waals surface area contributed by atoms with Crippen molar-refractivity contribution >= 4 is 21.6 Å². The van der Waals surface area contributed by atoms with Crippen LogP contribution in [0.15, 0.2) is 113 Å². The molecule has 0 bridgehead atoms. The van der Waals surface area contributed by atoms with Gasteiger partial charge < -0.3 is 4.74 Å². The third-order valence-electron chi connectivity index (χ3n) is 6.64. The molecule has 0 fully saturated rings. The summed E-state index contributed by atoms with van der Waals surface area (Å²) in [5, 5.41) is 7.30. The summed E-state index contributed by atoms with van der Waals surface area (Å²) in [5.41, 5.74) is 6.25. The molecule has 2 aliphatic rings. The van der Waals surface area contributed by atoms with E-state index in [1.807, 2.05) is 12.1 Å². The van der Waals surface area contributed by atoms with Crippen LogP contribution in [0.3, 0.4) is 0 Å². The molecule has 2 heterocycles. The fourth-order valence-electron chi connectivity index (χ4n) is 4.87. The predicted molar refractivity (Wildman–Crippen MR) is 136 cm³/mol. The van der Waals surface area contributed by atoms with Gasteiger partial charge in [0.2, 0.25) is 5.72 Å². The Hall–Kier alpha value is -3.37. The zero-order chi connectivity index (χ0) is 22.4. The Balaban J connectivity index is 1.40. The number of hydrogen-bond acceptors (Lipinski definition) is 3. The number of fused-ring (bicyclic) bond motifs is 3. The number of rotatable bonds is 3. The highest BCUT2D eigenvalue weighted by Gasteiger charge is 2.48. The Kier molecular flexibility index (Phi) is 4.84. The summed E-state index contributed by atoms with van der Waals surface area (Å²) in [6.45, 7) is 2.12. The first-order valence-corrected chi connectivity index (χ1v) is 12.0. The highest BCUT2D eigenvalue weighted by Crippen LogP contribution is 2.50. The fraction of sp³-hybridized carbons (Fsp3) is 0.138. The Bertz CT molecular complexity index is 1330. The standard InChI is InChI=1S/C29H23BrN2O/c1-29(23-15-17-24(30)18-16-23)32-27(25-9-5-6-10-28(25)33-29)19-26(31-32)22-13-11-21(12-14-22)20-7-3-2-4-8-20/h2-18,27H,19H2,1H3. The SMILES string of the molecule is CC1(c2ccc(Br)cc2)Oc2ccccc2C2CC(c3ccc(-c4ccccc4)cc3)=NN21. The first-order chi connectivity index (χ1) is 16.1. The number of para-hydroxylation sites is 1. The van der Waals surface area contributed by atoms with Gasteiger partial charge in [0.25, 0.3) is 0 Å². The number of hydrazone groups is 1. The molecule has 4 heteroatoms. The van der Waals surface area contributed by atoms with Crippen molar-refractivity contribution in [3.63, 3.8) is 0 Å². The number of hydrogen-bond donors (Lipinski definition) is 0. The smallest absolute Gasteiger partial charge is 0.221 e. The van der Waals surface area contributed by atoms with E-state index in [1.54, 1.807) is 0 Å². The zero-order valence-corrected chi connectivity index (χ0v) is 19.9. The Labute approximate surface area is 202 Å². The van der Waals surface area contributed by atoms with Crippen molar-refractivity contribution in [2.24, 2.45) is 5.10 Å². The van der Waals surface area contributed by atoms with Gasteiger partial charge in [-0.05, 0) is 34.9 Å². The minimum Gasteiger partial charge on any atom is -0.462 e. The third kappa shape index (κ3) is 3.46. The van der Waals surface area contributed by atoms with E-state index in [0.29, 0.717) is 0 Å². The quantitative estimate of drug-likeness (QED) is 0.294. The lowest BCUT2D eigenvalue weighted by atomic mass is 9.92. The van der Waals surface area contributed by atoms with Crippen molar-refractivity contribution in [2.75, 3.05) is 0 Å². The molecule has 162 valence electrons. The van der Waals surface area contributed by atoms with Crippen molar-refractivity contribution in [1.29, 1.82) is 0 Å². The van der Waals surface area contributed by atoms with E-state index in [1.165, 1.54) is 16.7 Å². The van der Waals surface area contributed by atoms with Crippen LogP contribution in [-0.2, 0) is 5.72 Å². The average Bonchev–Trinajstić information content (AvgIpc) is 3.32. The number of ether oxygens (including phenoxy) is 1. The van der Waals surface area contributed by atoms with E-state index in [-0.39, 0.29) is 6.04 Å². The molecule has 4 aromatic carbocycles. The van der Waals surface area contributed by atoms with Gasteiger partial charge in [0, 0.05) is 28.9 Å². The van der Waals surface area contributed by atoms with Crippen LogP contribution in [0, 0.1) is 0 Å². The number of nitrogens with zero attached hydrogens (tertiary/aromatic N) is 2. The van der Waals surface area contributed by atoms with Gasteiger partial charge in [0.1, 0.15) is 5.75 Å². The maximum atomic E-state index is 6.62. The highest BCUT2D eigenvalue weighted by molar-refractivity contribution is 9.10. The first-order valence-electron chi connectivity index (χ1n) is 11.2. The van der Waals surface area contributed by atoms with Gasteiger partial charge in [-0.3, -0.25) is 0 Å². The predicted octanol–water partition coefficient (Wildman–Crippen LogP) is 7.53. The molecule has 6 rings (SSSR count). The monoisotopic (exact) mass is 494 g/mol. The maximum absolute atomic E-state index is 6.62. The van der Waals surface area contributed by atoms with Crippen LogP contribution in [0.1, 0.15) is 36.1 Å². The van der Waals surface area contributed by atoms with E-state index in [9.17, 15) is 0 Å². The lowest BCUT2D eigenvalue weighted by molar-refractivity contribution is -0.112. The molecule has 0 radical (unpaired) electrons. The Morgan fingerprint density at radius 1 is 0.788 bits per heavy atom. The molecule has 4 aromatic rings. The van der Waals surface area contributed by atoms with Gasteiger partial charge in [-0.15, -0.1) is 0 Å². The van der Waals surface area contributed by atoms with Crippen molar-refractivity contribution < 1.29 is 4.74 Å². The van der Waals surface area contributed by atoms with Crippen molar-refractivity contribution in [2.45, 2.75) is 25.1 Å². The summed E-state index contributed by atoms with van der Waals surface area (Å²) in [5.74, 6) is 0.931. The average molecular weight is 495 g/mol. The fourth-order valence-corrected chi connectivity index (χ4v) is 5.13. The molecule has 0 saturated carbocycles. The van der Waals surface area contributed by atoms with E-state index >= 15 is 0 Å². The summed E-state index contributed by atoms with van der Waals surface area (Å²) in [4.78, 5) is 0. The van der Waals surface area contributed by atoms with Gasteiger partial charge >= 0.3 is 0 Å². The lowest BCUT2D eigenvalue weighted by Gasteiger charge is -2.46. The topological polar surface area (TPSA) is 24.8 Å². The van der Waals surface area contributed by atoms with E-state index in [0.717, 1.165) is 33.5 Å². The van der Waals surface area contributed by atoms with Crippen molar-refractivity contribution in [3.8, 4) is 16.9 Å². The molecule has 0 aliphatic carbocycles. The Morgan fingerprint density at radius 3 is 2.18 bits per heavy atom. The summed E-state index contributed by atoms with van der Waals surface area (Å²) in [6, 6.07) is 36.0. The molecule has 0 saturated heterocycles. The molecule has 0 N–H and O–H groups in total. The summed E-state index contributed by atoms with van der Waals surface area (Å²) in [6.07, 6.45) is 0.844. The van der Waals surface area contributed by atoms with Crippen LogP contribution in [0.5, 0.6) is 5.75 Å². The Morgan fingerprint density at radius 2 is 1.42 bits per heavy atom. The highest BCUT2D eigenvalue weighted by atomic mass is 79.9. The minimum absolute atomic E-state index is 0.132. The molecule has 2 unspecified atom stereocenters. The molecule has 3 nitrogen and oxygen atoms in total. The van der Waals surface area contributed by atoms with Crippen LogP contribution in [0.4, 0.5) is 0 Å². The molecular formula is C29H23BrN2O. The second-order valence-electron chi connectivity index (χ2n) is 8.68. The van der Waals surface area contributed by atoms with Gasteiger partial charge in [-0.1, -0.05) is 101 Å². The van der Waals surface area contributed by atoms with Gasteiger partial charge in [0.05, 0.1) is 11.8 Å². The summed E-state index contributed by atoms with van der Waals surface area (Å²) < 4.78 is 7.67. The first kappa shape index (κ1) is 20.3. The molecule has 0 spiro atoms. The molecule has 2 aliphatic heterocycles. The maximum Gasteiger partial charge on any atom is 0.221 e. The van der Waals surface area contributed by atoms with Crippen LogP contribution < -0.4 is 4.74 Å². The number of halogens is 1. The van der Waals surface area contributed by atoms with Gasteiger partial charge in [-0.25, -0.2) is 5.01 Å². The second kappa shape index (κ2) is 7.89. The van der Waals surface area contributed by atoms with Crippen LogP contribution in [0.2, 0.25) is 0 Å². The summed E-state index contributed by atoms with van der Waals surface area (Å²) >= 11 is 3.55. The molecule has 2 atom stereocenters. The summed E-state index contributed by atoms with van der Waals surface area (Å²) in [7, 11) is 0.